The summed E-state index contributed by atoms with van der Waals surface area (Å²) in [7, 11) is 1.56. The van der Waals surface area contributed by atoms with Crippen LogP contribution < -0.4 is 5.32 Å². The molecule has 0 fully saturated rings. The lowest BCUT2D eigenvalue weighted by Crippen LogP contribution is -1.99. The standard InChI is InChI=1S/C8H7ClN2O3.ClH/c1-10-6-3-2-5(8(9)12)4-7(6)11(13)14;/h2-4,10H,1H3;1H. The Kier molecular flexibility index (Phi) is 5.04. The van der Waals surface area contributed by atoms with Gasteiger partial charge in [0.1, 0.15) is 5.69 Å². The molecule has 0 aliphatic carbocycles. The molecule has 0 atom stereocenters. The van der Waals surface area contributed by atoms with Gasteiger partial charge in [-0.25, -0.2) is 0 Å². The summed E-state index contributed by atoms with van der Waals surface area (Å²) >= 11 is 5.19. The minimum atomic E-state index is -0.712. The zero-order chi connectivity index (χ0) is 10.7. The predicted molar refractivity (Wildman–Crippen MR) is 60.1 cm³/mol. The number of rotatable bonds is 3. The highest BCUT2D eigenvalue weighted by Gasteiger charge is 2.15. The summed E-state index contributed by atoms with van der Waals surface area (Å²) in [5.41, 5.74) is 0.285. The van der Waals surface area contributed by atoms with E-state index in [-0.39, 0.29) is 23.7 Å². The Balaban J connectivity index is 0.00000196. The number of halogens is 2. The molecule has 0 radical (unpaired) electrons. The van der Waals surface area contributed by atoms with Crippen LogP contribution in [0.5, 0.6) is 0 Å². The maximum absolute atomic E-state index is 10.7. The van der Waals surface area contributed by atoms with Gasteiger partial charge in [-0.2, -0.15) is 0 Å². The van der Waals surface area contributed by atoms with Crippen molar-refractivity contribution in [2.75, 3.05) is 12.4 Å². The molecule has 0 aliphatic rings. The molecule has 0 bridgehead atoms. The Labute approximate surface area is 97.0 Å². The van der Waals surface area contributed by atoms with Gasteiger partial charge in [-0.1, -0.05) is 0 Å². The van der Waals surface area contributed by atoms with Crippen LogP contribution >= 0.6 is 24.0 Å². The number of benzene rings is 1. The molecule has 0 saturated heterocycles. The third kappa shape index (κ3) is 3.07. The third-order valence-electron chi connectivity index (χ3n) is 1.69. The number of anilines is 1. The van der Waals surface area contributed by atoms with E-state index in [4.69, 9.17) is 11.6 Å². The number of carbonyl (C=O) groups is 1. The zero-order valence-corrected chi connectivity index (χ0v) is 9.26. The molecule has 0 heterocycles. The second kappa shape index (κ2) is 5.53. The average Bonchev–Trinajstić information content (AvgIpc) is 2.16. The van der Waals surface area contributed by atoms with E-state index in [9.17, 15) is 14.9 Å². The molecule has 1 rings (SSSR count). The van der Waals surface area contributed by atoms with Gasteiger partial charge in [0.25, 0.3) is 10.9 Å². The molecule has 15 heavy (non-hydrogen) atoms. The van der Waals surface area contributed by atoms with E-state index in [0.717, 1.165) is 6.07 Å². The topological polar surface area (TPSA) is 72.2 Å². The number of hydrogen-bond donors (Lipinski definition) is 1. The fourth-order valence-electron chi connectivity index (χ4n) is 1.02. The normalized spacial score (nSPS) is 8.93. The first-order chi connectivity index (χ1) is 6.56. The summed E-state index contributed by atoms with van der Waals surface area (Å²) in [4.78, 5) is 20.7. The number of nitro benzene ring substituents is 1. The van der Waals surface area contributed by atoms with Crippen LogP contribution in [0.15, 0.2) is 18.2 Å². The van der Waals surface area contributed by atoms with Gasteiger partial charge in [-0.05, 0) is 23.7 Å². The predicted octanol–water partition coefficient (Wildman–Crippen LogP) is 2.44. The Bertz CT molecular complexity index is 395. The van der Waals surface area contributed by atoms with Crippen molar-refractivity contribution < 1.29 is 9.72 Å². The van der Waals surface area contributed by atoms with Gasteiger partial charge in [0.15, 0.2) is 0 Å². The van der Waals surface area contributed by atoms with E-state index in [2.05, 4.69) is 5.32 Å². The monoisotopic (exact) mass is 250 g/mol. The number of nitrogens with one attached hydrogen (secondary N) is 1. The van der Waals surface area contributed by atoms with E-state index < -0.39 is 10.2 Å². The van der Waals surface area contributed by atoms with Crippen molar-refractivity contribution in [1.82, 2.24) is 0 Å². The molecule has 0 aromatic heterocycles. The quantitative estimate of drug-likeness (QED) is 0.508. The number of nitro groups is 1. The van der Waals surface area contributed by atoms with Crippen LogP contribution in [0.3, 0.4) is 0 Å². The van der Waals surface area contributed by atoms with Gasteiger partial charge < -0.3 is 5.32 Å². The van der Waals surface area contributed by atoms with Gasteiger partial charge in [0.2, 0.25) is 0 Å². The highest BCUT2D eigenvalue weighted by molar-refractivity contribution is 6.67. The zero-order valence-electron chi connectivity index (χ0n) is 7.69. The maximum atomic E-state index is 10.7. The minimum absolute atomic E-state index is 0. The van der Waals surface area contributed by atoms with Crippen molar-refractivity contribution >= 4 is 40.6 Å². The molecular formula is C8H8Cl2N2O3. The average molecular weight is 251 g/mol. The summed E-state index contributed by atoms with van der Waals surface area (Å²) in [5, 5.41) is 12.5. The Morgan fingerprint density at radius 3 is 2.53 bits per heavy atom. The van der Waals surface area contributed by atoms with Crippen LogP contribution in [-0.4, -0.2) is 17.2 Å². The van der Waals surface area contributed by atoms with E-state index in [1.165, 1.54) is 12.1 Å². The number of hydrogen-bond acceptors (Lipinski definition) is 4. The number of carbonyl (C=O) groups excluding carboxylic acids is 1. The highest BCUT2D eigenvalue weighted by atomic mass is 35.5. The van der Waals surface area contributed by atoms with Crippen LogP contribution in [0.4, 0.5) is 11.4 Å². The van der Waals surface area contributed by atoms with Crippen molar-refractivity contribution in [2.24, 2.45) is 0 Å². The molecule has 0 saturated carbocycles. The van der Waals surface area contributed by atoms with Crippen molar-refractivity contribution in [3.63, 3.8) is 0 Å². The fraction of sp³-hybridized carbons (Fsp3) is 0.125. The maximum Gasteiger partial charge on any atom is 0.293 e. The molecule has 1 aromatic rings. The lowest BCUT2D eigenvalue weighted by molar-refractivity contribution is -0.384. The molecule has 82 valence electrons. The fourth-order valence-corrected chi connectivity index (χ4v) is 1.13. The van der Waals surface area contributed by atoms with Crippen LogP contribution in [0.1, 0.15) is 10.4 Å². The lowest BCUT2D eigenvalue weighted by Gasteiger charge is -2.02. The Morgan fingerprint density at radius 2 is 2.13 bits per heavy atom. The molecule has 0 aliphatic heterocycles. The summed E-state index contributed by atoms with van der Waals surface area (Å²) in [6, 6.07) is 4.00. The second-order valence-corrected chi connectivity index (χ2v) is 2.86. The second-order valence-electron chi connectivity index (χ2n) is 2.51. The van der Waals surface area contributed by atoms with E-state index in [1.807, 2.05) is 0 Å². The van der Waals surface area contributed by atoms with Crippen LogP contribution in [0, 0.1) is 10.1 Å². The van der Waals surface area contributed by atoms with Crippen LogP contribution in [0.25, 0.3) is 0 Å². The van der Waals surface area contributed by atoms with Crippen LogP contribution in [-0.2, 0) is 0 Å². The van der Waals surface area contributed by atoms with Gasteiger partial charge in [-0.15, -0.1) is 12.4 Å². The first kappa shape index (κ1) is 13.7. The first-order valence-electron chi connectivity index (χ1n) is 3.72. The molecule has 7 heteroatoms. The molecule has 0 spiro atoms. The summed E-state index contributed by atoms with van der Waals surface area (Å²) in [6.45, 7) is 0. The molecule has 0 amide bonds. The minimum Gasteiger partial charge on any atom is -0.383 e. The molecule has 5 nitrogen and oxygen atoms in total. The van der Waals surface area contributed by atoms with Gasteiger partial charge in [-0.3, -0.25) is 14.9 Å². The van der Waals surface area contributed by atoms with Gasteiger partial charge >= 0.3 is 0 Å². The largest absolute Gasteiger partial charge is 0.383 e. The van der Waals surface area contributed by atoms with E-state index in [0.29, 0.717) is 5.69 Å². The van der Waals surface area contributed by atoms with E-state index in [1.54, 1.807) is 7.05 Å². The van der Waals surface area contributed by atoms with Crippen molar-refractivity contribution in [1.29, 1.82) is 0 Å². The molecular weight excluding hydrogens is 243 g/mol. The lowest BCUT2D eigenvalue weighted by atomic mass is 10.2. The first-order valence-corrected chi connectivity index (χ1v) is 4.10. The van der Waals surface area contributed by atoms with E-state index >= 15 is 0 Å². The summed E-state index contributed by atoms with van der Waals surface area (Å²) in [6.07, 6.45) is 0. The smallest absolute Gasteiger partial charge is 0.293 e. The SMILES string of the molecule is CNc1ccc(C(=O)Cl)cc1[N+](=O)[O-].Cl. The third-order valence-corrected chi connectivity index (χ3v) is 1.91. The highest BCUT2D eigenvalue weighted by Crippen LogP contribution is 2.25. The van der Waals surface area contributed by atoms with Gasteiger partial charge in [0, 0.05) is 18.7 Å². The summed E-state index contributed by atoms with van der Waals surface area (Å²) in [5.74, 6) is 0. The van der Waals surface area contributed by atoms with Crippen LogP contribution in [0.2, 0.25) is 0 Å². The molecule has 1 aromatic carbocycles. The Hall–Kier alpha value is -1.33. The molecule has 0 unspecified atom stereocenters. The van der Waals surface area contributed by atoms with Crippen molar-refractivity contribution in [3.8, 4) is 0 Å². The molecule has 1 N–H and O–H groups in total. The number of nitrogens with zero attached hydrogens (tertiary/aromatic N) is 1. The Morgan fingerprint density at radius 1 is 1.53 bits per heavy atom. The van der Waals surface area contributed by atoms with Gasteiger partial charge in [0.05, 0.1) is 4.92 Å². The van der Waals surface area contributed by atoms with Crippen molar-refractivity contribution in [3.05, 3.63) is 33.9 Å². The van der Waals surface area contributed by atoms with Crippen molar-refractivity contribution in [2.45, 2.75) is 0 Å². The summed E-state index contributed by atoms with van der Waals surface area (Å²) < 4.78 is 0.